The second-order valence-corrected chi connectivity index (χ2v) is 3.70. The van der Waals surface area contributed by atoms with Crippen LogP contribution in [0.2, 0.25) is 0 Å². The van der Waals surface area contributed by atoms with Crippen molar-refractivity contribution in [2.75, 3.05) is 0 Å². The minimum Gasteiger partial charge on any atom is -0.0984 e. The molecule has 0 atom stereocenters. The quantitative estimate of drug-likeness (QED) is 0.502. The van der Waals surface area contributed by atoms with Gasteiger partial charge in [0.2, 0.25) is 0 Å². The molecule has 1 aromatic carbocycles. The second-order valence-electron chi connectivity index (χ2n) is 3.70. The molecular formula is C21H36. The zero-order valence-electron chi connectivity index (χ0n) is 15.8. The number of benzene rings is 1. The number of rotatable bonds is 3. The monoisotopic (exact) mass is 288 g/mol. The first kappa shape index (κ1) is 24.5. The summed E-state index contributed by atoms with van der Waals surface area (Å²) in [6, 6.07) is 4.22. The van der Waals surface area contributed by atoms with Gasteiger partial charge in [-0.1, -0.05) is 85.1 Å². The summed E-state index contributed by atoms with van der Waals surface area (Å²) in [6.07, 6.45) is 5.93. The van der Waals surface area contributed by atoms with Gasteiger partial charge in [-0.2, -0.15) is 0 Å². The summed E-state index contributed by atoms with van der Waals surface area (Å²) in [6.45, 7) is 26.2. The van der Waals surface area contributed by atoms with Gasteiger partial charge >= 0.3 is 0 Å². The molecule has 0 fully saturated rings. The Kier molecular flexibility index (Phi) is 19.2. The molecule has 0 aromatic heterocycles. The van der Waals surface area contributed by atoms with Crippen LogP contribution in [0.15, 0.2) is 37.4 Å². The Labute approximate surface area is 134 Å². The lowest BCUT2D eigenvalue weighted by molar-refractivity contribution is 1.31. The van der Waals surface area contributed by atoms with Crippen LogP contribution in [0.25, 0.3) is 11.6 Å². The number of hydrogen-bond donors (Lipinski definition) is 0. The van der Waals surface area contributed by atoms with Crippen molar-refractivity contribution < 1.29 is 0 Å². The fourth-order valence-electron chi connectivity index (χ4n) is 1.72. The summed E-state index contributed by atoms with van der Waals surface area (Å²) in [5.41, 5.74) is 6.00. The second kappa shape index (κ2) is 16.5. The van der Waals surface area contributed by atoms with Crippen molar-refractivity contribution in [1.82, 2.24) is 0 Å². The van der Waals surface area contributed by atoms with E-state index in [2.05, 4.69) is 39.1 Å². The van der Waals surface area contributed by atoms with Crippen molar-refractivity contribution in [2.24, 2.45) is 0 Å². The van der Waals surface area contributed by atoms with E-state index in [0.29, 0.717) is 0 Å². The molecule has 0 nitrogen and oxygen atoms in total. The average Bonchev–Trinajstić information content (AvgIpc) is 2.55. The van der Waals surface area contributed by atoms with E-state index in [4.69, 9.17) is 0 Å². The van der Waals surface area contributed by atoms with E-state index in [9.17, 15) is 0 Å². The van der Waals surface area contributed by atoms with Crippen LogP contribution in [-0.2, 0) is 0 Å². The van der Waals surface area contributed by atoms with E-state index in [1.807, 2.05) is 66.7 Å². The summed E-state index contributed by atoms with van der Waals surface area (Å²) in [5, 5.41) is 0. The van der Waals surface area contributed by atoms with E-state index in [1.54, 1.807) is 0 Å². The minimum atomic E-state index is 1.05. The number of hydrogen-bond acceptors (Lipinski definition) is 0. The van der Waals surface area contributed by atoms with Gasteiger partial charge in [0.1, 0.15) is 0 Å². The number of aryl methyl sites for hydroxylation is 1. The lowest BCUT2D eigenvalue weighted by Gasteiger charge is -2.12. The zero-order chi connectivity index (χ0) is 17.4. The summed E-state index contributed by atoms with van der Waals surface area (Å²) < 4.78 is 0. The molecule has 0 saturated carbocycles. The van der Waals surface area contributed by atoms with E-state index in [0.717, 1.165) is 11.1 Å². The molecule has 0 aliphatic rings. The molecular weight excluding hydrogens is 252 g/mol. The molecule has 0 radical (unpaired) electrons. The fraction of sp³-hybridized carbons (Fsp3) is 0.429. The highest BCUT2D eigenvalue weighted by Crippen LogP contribution is 2.26. The molecule has 0 unspecified atom stereocenters. The van der Waals surface area contributed by atoms with Crippen LogP contribution < -0.4 is 0 Å². The SMILES string of the molecule is C=Cc1ccc(C)c(C)c1C(=C)/C=C\C.CC.CC.CC. The van der Waals surface area contributed by atoms with Crippen LogP contribution in [0.5, 0.6) is 0 Å². The average molecular weight is 289 g/mol. The summed E-state index contributed by atoms with van der Waals surface area (Å²) >= 11 is 0. The van der Waals surface area contributed by atoms with Gasteiger partial charge in [0.25, 0.3) is 0 Å². The Morgan fingerprint density at radius 2 is 1.43 bits per heavy atom. The van der Waals surface area contributed by atoms with Gasteiger partial charge in [-0.15, -0.1) is 0 Å². The molecule has 0 aliphatic carbocycles. The maximum atomic E-state index is 4.09. The lowest BCUT2D eigenvalue weighted by atomic mass is 9.92. The Balaban J connectivity index is -0.000000478. The third-order valence-electron chi connectivity index (χ3n) is 2.68. The third-order valence-corrected chi connectivity index (χ3v) is 2.68. The molecule has 1 aromatic rings. The van der Waals surface area contributed by atoms with Gasteiger partial charge < -0.3 is 0 Å². The Morgan fingerprint density at radius 1 is 0.952 bits per heavy atom. The van der Waals surface area contributed by atoms with Crippen LogP contribution in [0.3, 0.4) is 0 Å². The van der Waals surface area contributed by atoms with E-state index < -0.39 is 0 Å². The smallest absolute Gasteiger partial charge is 0.00858 e. The van der Waals surface area contributed by atoms with E-state index in [-0.39, 0.29) is 0 Å². The first-order valence-corrected chi connectivity index (χ1v) is 8.16. The van der Waals surface area contributed by atoms with Gasteiger partial charge in [0.15, 0.2) is 0 Å². The van der Waals surface area contributed by atoms with E-state index in [1.165, 1.54) is 16.7 Å². The Hall–Kier alpha value is -1.56. The molecule has 120 valence electrons. The van der Waals surface area contributed by atoms with Crippen molar-refractivity contribution in [3.63, 3.8) is 0 Å². The van der Waals surface area contributed by atoms with Crippen molar-refractivity contribution in [3.8, 4) is 0 Å². The molecule has 0 aliphatic heterocycles. The largest absolute Gasteiger partial charge is 0.0984 e. The van der Waals surface area contributed by atoms with Crippen molar-refractivity contribution in [2.45, 2.75) is 62.3 Å². The highest BCUT2D eigenvalue weighted by molar-refractivity contribution is 5.81. The Morgan fingerprint density at radius 3 is 1.81 bits per heavy atom. The maximum Gasteiger partial charge on any atom is -0.00858 e. The zero-order valence-corrected chi connectivity index (χ0v) is 15.8. The van der Waals surface area contributed by atoms with Crippen LogP contribution >= 0.6 is 0 Å². The highest BCUT2D eigenvalue weighted by Gasteiger charge is 2.07. The highest BCUT2D eigenvalue weighted by atomic mass is 14.1. The Bertz CT molecular complexity index is 420. The van der Waals surface area contributed by atoms with Crippen LogP contribution in [0.4, 0.5) is 0 Å². The summed E-state index contributed by atoms with van der Waals surface area (Å²) in [4.78, 5) is 0. The predicted molar refractivity (Wildman–Crippen MR) is 104 cm³/mol. The normalized spacial score (nSPS) is 8.43. The topological polar surface area (TPSA) is 0 Å². The molecule has 0 saturated heterocycles. The molecule has 0 bridgehead atoms. The van der Waals surface area contributed by atoms with Crippen LogP contribution in [0, 0.1) is 13.8 Å². The maximum absolute atomic E-state index is 4.09. The molecule has 0 amide bonds. The number of allylic oxidation sites excluding steroid dienone is 3. The third kappa shape index (κ3) is 8.34. The molecule has 1 rings (SSSR count). The van der Waals surface area contributed by atoms with Gasteiger partial charge in [0, 0.05) is 0 Å². The van der Waals surface area contributed by atoms with Crippen LogP contribution in [-0.4, -0.2) is 0 Å². The molecule has 21 heavy (non-hydrogen) atoms. The van der Waals surface area contributed by atoms with Gasteiger partial charge in [-0.05, 0) is 48.6 Å². The molecule has 0 heteroatoms. The van der Waals surface area contributed by atoms with Crippen molar-refractivity contribution in [1.29, 1.82) is 0 Å². The van der Waals surface area contributed by atoms with Crippen molar-refractivity contribution >= 4 is 11.6 Å². The predicted octanol–water partition coefficient (Wildman–Crippen LogP) is 7.61. The van der Waals surface area contributed by atoms with Gasteiger partial charge in [-0.25, -0.2) is 0 Å². The first-order valence-electron chi connectivity index (χ1n) is 8.16. The first-order chi connectivity index (χ1) is 10.1. The summed E-state index contributed by atoms with van der Waals surface area (Å²) in [5.74, 6) is 0. The van der Waals surface area contributed by atoms with Gasteiger partial charge in [-0.3, -0.25) is 0 Å². The standard InChI is InChI=1S/C15H18.3C2H6/c1-6-8-12(4)15-13(5)11(3)9-10-14(15)7-2;3*1-2/h6-10H,2,4H2,1,3,5H3;3*1-2H3/b8-6-;;;. The van der Waals surface area contributed by atoms with Crippen LogP contribution in [0.1, 0.15) is 70.7 Å². The van der Waals surface area contributed by atoms with Crippen molar-refractivity contribution in [3.05, 3.63) is 59.7 Å². The molecule has 0 spiro atoms. The van der Waals surface area contributed by atoms with E-state index >= 15 is 0 Å². The fourth-order valence-corrected chi connectivity index (χ4v) is 1.72. The summed E-state index contributed by atoms with van der Waals surface area (Å²) in [7, 11) is 0. The lowest BCUT2D eigenvalue weighted by Crippen LogP contribution is -1.93. The van der Waals surface area contributed by atoms with Gasteiger partial charge in [0.05, 0.1) is 0 Å². The minimum absolute atomic E-state index is 1.05. The molecule has 0 N–H and O–H groups in total. The molecule has 0 heterocycles.